The predicted molar refractivity (Wildman–Crippen MR) is 61.5 cm³/mol. The molecule has 2 atom stereocenters. The highest BCUT2D eigenvalue weighted by Crippen LogP contribution is 2.08. The Morgan fingerprint density at radius 3 is 2.50 bits per heavy atom. The number of aliphatic hydroxyl groups is 1. The number of aliphatic hydroxyl groups excluding tert-OH is 1. The van der Waals surface area contributed by atoms with Crippen LogP contribution in [0.2, 0.25) is 0 Å². The summed E-state index contributed by atoms with van der Waals surface area (Å²) in [6, 6.07) is 0. The van der Waals surface area contributed by atoms with Gasteiger partial charge in [0, 0.05) is 25.3 Å². The third-order valence-corrected chi connectivity index (χ3v) is 2.93. The summed E-state index contributed by atoms with van der Waals surface area (Å²) >= 11 is 1.68. The smallest absolute Gasteiger partial charge is 0.225 e. The Morgan fingerprint density at radius 2 is 2.07 bits per heavy atom. The quantitative estimate of drug-likeness (QED) is 0.730. The first kappa shape index (κ1) is 13.8. The van der Waals surface area contributed by atoms with Crippen LogP contribution in [0.1, 0.15) is 20.3 Å². The predicted octanol–water partition coefficient (Wildman–Crippen LogP) is 1.21. The van der Waals surface area contributed by atoms with Crippen LogP contribution in [-0.2, 0) is 4.79 Å². The second-order valence-corrected chi connectivity index (χ2v) is 4.66. The van der Waals surface area contributed by atoms with Crippen molar-refractivity contribution in [1.29, 1.82) is 0 Å². The van der Waals surface area contributed by atoms with E-state index in [9.17, 15) is 4.79 Å². The molecule has 0 heterocycles. The summed E-state index contributed by atoms with van der Waals surface area (Å²) in [6.07, 6.45) is 2.31. The number of rotatable bonds is 6. The molecule has 0 rings (SSSR count). The lowest BCUT2D eigenvalue weighted by atomic mass is 10.2. The summed E-state index contributed by atoms with van der Waals surface area (Å²) in [5.74, 6) is 1.10. The van der Waals surface area contributed by atoms with Gasteiger partial charge in [-0.3, -0.25) is 4.79 Å². The molecular weight excluding hydrogens is 198 g/mol. The van der Waals surface area contributed by atoms with E-state index in [0.29, 0.717) is 13.0 Å². The van der Waals surface area contributed by atoms with Gasteiger partial charge in [-0.2, -0.15) is 11.8 Å². The van der Waals surface area contributed by atoms with Gasteiger partial charge >= 0.3 is 0 Å². The average Bonchev–Trinajstić information content (AvgIpc) is 2.13. The lowest BCUT2D eigenvalue weighted by Gasteiger charge is -2.21. The van der Waals surface area contributed by atoms with Gasteiger partial charge in [-0.15, -0.1) is 0 Å². The van der Waals surface area contributed by atoms with E-state index in [1.54, 1.807) is 30.6 Å². The van der Waals surface area contributed by atoms with E-state index in [-0.39, 0.29) is 17.9 Å². The molecule has 14 heavy (non-hydrogen) atoms. The molecule has 0 spiro atoms. The fraction of sp³-hybridized carbons (Fsp3) is 0.900. The van der Waals surface area contributed by atoms with E-state index in [2.05, 4.69) is 0 Å². The van der Waals surface area contributed by atoms with Crippen LogP contribution in [0.5, 0.6) is 0 Å². The Hall–Kier alpha value is -0.220. The molecule has 0 fully saturated rings. The van der Waals surface area contributed by atoms with Crippen LogP contribution in [0.15, 0.2) is 0 Å². The maximum Gasteiger partial charge on any atom is 0.225 e. The number of hydrogen-bond donors (Lipinski definition) is 1. The van der Waals surface area contributed by atoms with Crippen LogP contribution in [0.3, 0.4) is 0 Å². The number of amides is 1. The van der Waals surface area contributed by atoms with Crippen molar-refractivity contribution in [3.05, 3.63) is 0 Å². The Balaban J connectivity index is 3.86. The van der Waals surface area contributed by atoms with Gasteiger partial charge in [0.2, 0.25) is 5.91 Å². The molecule has 1 amide bonds. The molecule has 0 saturated carbocycles. The topological polar surface area (TPSA) is 40.5 Å². The number of carbonyl (C=O) groups is 1. The van der Waals surface area contributed by atoms with Crippen molar-refractivity contribution in [3.8, 4) is 0 Å². The van der Waals surface area contributed by atoms with E-state index < -0.39 is 0 Å². The first-order valence-electron chi connectivity index (χ1n) is 4.91. The number of carbonyl (C=O) groups excluding carboxylic acids is 1. The molecule has 0 radical (unpaired) electrons. The zero-order valence-electron chi connectivity index (χ0n) is 9.49. The minimum Gasteiger partial charge on any atom is -0.393 e. The summed E-state index contributed by atoms with van der Waals surface area (Å²) in [5.41, 5.74) is 0. The molecule has 4 heteroatoms. The van der Waals surface area contributed by atoms with Crippen molar-refractivity contribution in [2.45, 2.75) is 26.4 Å². The molecule has 0 bridgehead atoms. The molecule has 0 aromatic rings. The van der Waals surface area contributed by atoms with Gasteiger partial charge in [0.15, 0.2) is 0 Å². The average molecular weight is 219 g/mol. The van der Waals surface area contributed by atoms with E-state index in [0.717, 1.165) is 5.75 Å². The van der Waals surface area contributed by atoms with Gasteiger partial charge < -0.3 is 10.0 Å². The second-order valence-electron chi connectivity index (χ2n) is 3.75. The van der Waals surface area contributed by atoms with Crippen LogP contribution >= 0.6 is 11.8 Å². The fourth-order valence-electron chi connectivity index (χ4n) is 1.19. The maximum absolute atomic E-state index is 11.7. The van der Waals surface area contributed by atoms with E-state index in [4.69, 9.17) is 5.11 Å². The van der Waals surface area contributed by atoms with Crippen LogP contribution < -0.4 is 0 Å². The third kappa shape index (κ3) is 5.50. The van der Waals surface area contributed by atoms with Crippen molar-refractivity contribution in [1.82, 2.24) is 4.90 Å². The highest BCUT2D eigenvalue weighted by Gasteiger charge is 2.16. The molecule has 0 aliphatic carbocycles. The van der Waals surface area contributed by atoms with Crippen molar-refractivity contribution in [3.63, 3.8) is 0 Å². The fourth-order valence-corrected chi connectivity index (χ4v) is 1.83. The number of thioether (sulfide) groups is 1. The first-order chi connectivity index (χ1) is 6.49. The molecule has 0 saturated heterocycles. The summed E-state index contributed by atoms with van der Waals surface area (Å²) < 4.78 is 0. The maximum atomic E-state index is 11.7. The molecule has 0 aliphatic rings. The van der Waals surface area contributed by atoms with Crippen molar-refractivity contribution in [2.24, 2.45) is 5.92 Å². The largest absolute Gasteiger partial charge is 0.393 e. The summed E-state index contributed by atoms with van der Waals surface area (Å²) in [6.45, 7) is 4.32. The normalized spacial score (nSPS) is 14.9. The Bertz CT molecular complexity index is 174. The van der Waals surface area contributed by atoms with Gasteiger partial charge in [-0.05, 0) is 19.6 Å². The highest BCUT2D eigenvalue weighted by molar-refractivity contribution is 7.98. The lowest BCUT2D eigenvalue weighted by molar-refractivity contribution is -0.133. The molecule has 0 aromatic heterocycles. The Labute approximate surface area is 90.9 Å². The zero-order chi connectivity index (χ0) is 11.1. The SMILES string of the molecule is CSCC(C)C(=O)N(C)CCC(C)O. The van der Waals surface area contributed by atoms with E-state index in [1.807, 2.05) is 13.2 Å². The third-order valence-electron chi connectivity index (χ3n) is 2.10. The van der Waals surface area contributed by atoms with Crippen LogP contribution in [0, 0.1) is 5.92 Å². The molecule has 2 unspecified atom stereocenters. The molecular formula is C10H21NO2S. The second kappa shape index (κ2) is 7.12. The van der Waals surface area contributed by atoms with Gasteiger partial charge in [-0.1, -0.05) is 6.92 Å². The molecule has 3 nitrogen and oxygen atoms in total. The highest BCUT2D eigenvalue weighted by atomic mass is 32.2. The minimum atomic E-state index is -0.332. The monoisotopic (exact) mass is 219 g/mol. The van der Waals surface area contributed by atoms with E-state index >= 15 is 0 Å². The van der Waals surface area contributed by atoms with Gasteiger partial charge in [0.1, 0.15) is 0 Å². The molecule has 0 aliphatic heterocycles. The van der Waals surface area contributed by atoms with Crippen LogP contribution in [0.25, 0.3) is 0 Å². The standard InChI is InChI=1S/C10H21NO2S/c1-8(7-14-4)10(13)11(3)6-5-9(2)12/h8-9,12H,5-7H2,1-4H3. The van der Waals surface area contributed by atoms with Crippen LogP contribution in [-0.4, -0.2) is 47.6 Å². The number of nitrogens with zero attached hydrogens (tertiary/aromatic N) is 1. The zero-order valence-corrected chi connectivity index (χ0v) is 10.3. The van der Waals surface area contributed by atoms with Gasteiger partial charge in [0.25, 0.3) is 0 Å². The molecule has 1 N–H and O–H groups in total. The molecule has 84 valence electrons. The van der Waals surface area contributed by atoms with E-state index in [1.165, 1.54) is 0 Å². The Kier molecular flexibility index (Phi) is 7.01. The van der Waals surface area contributed by atoms with Gasteiger partial charge in [-0.25, -0.2) is 0 Å². The summed E-state index contributed by atoms with van der Waals surface area (Å²) in [7, 11) is 1.79. The Morgan fingerprint density at radius 1 is 1.50 bits per heavy atom. The summed E-state index contributed by atoms with van der Waals surface area (Å²) in [4.78, 5) is 13.4. The minimum absolute atomic E-state index is 0.0731. The number of hydrogen-bond acceptors (Lipinski definition) is 3. The van der Waals surface area contributed by atoms with Crippen molar-refractivity contribution in [2.75, 3.05) is 25.6 Å². The van der Waals surface area contributed by atoms with Crippen LogP contribution in [0.4, 0.5) is 0 Å². The molecule has 0 aromatic carbocycles. The first-order valence-corrected chi connectivity index (χ1v) is 6.30. The lowest BCUT2D eigenvalue weighted by Crippen LogP contribution is -2.34. The summed E-state index contributed by atoms with van der Waals surface area (Å²) in [5, 5.41) is 9.08. The van der Waals surface area contributed by atoms with Crippen molar-refractivity contribution >= 4 is 17.7 Å². The van der Waals surface area contributed by atoms with Gasteiger partial charge in [0.05, 0.1) is 6.10 Å². The van der Waals surface area contributed by atoms with Crippen molar-refractivity contribution < 1.29 is 9.90 Å².